The fraction of sp³-hybridized carbons (Fsp3) is 0.333. The largest absolute Gasteiger partial charge is 0.492 e. The first-order valence-electron chi connectivity index (χ1n) is 7.64. The SMILES string of the molecule is CCOc1ncccc1C(=O)N(C)CCOc1cccc(C)c1. The van der Waals surface area contributed by atoms with Gasteiger partial charge in [0.2, 0.25) is 5.88 Å². The van der Waals surface area contributed by atoms with Gasteiger partial charge in [0.25, 0.3) is 5.91 Å². The molecule has 5 heteroatoms. The third-order valence-electron chi connectivity index (χ3n) is 3.31. The zero-order valence-corrected chi connectivity index (χ0v) is 13.8. The van der Waals surface area contributed by atoms with Gasteiger partial charge in [-0.3, -0.25) is 4.79 Å². The molecule has 1 aromatic carbocycles. The Morgan fingerprint density at radius 2 is 2.04 bits per heavy atom. The Hall–Kier alpha value is -2.56. The summed E-state index contributed by atoms with van der Waals surface area (Å²) in [4.78, 5) is 18.2. The van der Waals surface area contributed by atoms with Crippen LogP contribution in [0, 0.1) is 6.92 Å². The average molecular weight is 314 g/mol. The molecule has 0 bridgehead atoms. The molecule has 2 rings (SSSR count). The number of carbonyl (C=O) groups excluding carboxylic acids is 1. The Kier molecular flexibility index (Phi) is 5.97. The summed E-state index contributed by atoms with van der Waals surface area (Å²) < 4.78 is 11.1. The third kappa shape index (κ3) is 4.71. The smallest absolute Gasteiger partial charge is 0.259 e. The fourth-order valence-electron chi connectivity index (χ4n) is 2.12. The Morgan fingerprint density at radius 3 is 2.78 bits per heavy atom. The van der Waals surface area contributed by atoms with E-state index in [-0.39, 0.29) is 5.91 Å². The van der Waals surface area contributed by atoms with Gasteiger partial charge in [0.1, 0.15) is 17.9 Å². The normalized spacial score (nSPS) is 10.2. The van der Waals surface area contributed by atoms with Gasteiger partial charge in [0, 0.05) is 13.2 Å². The maximum atomic E-state index is 12.5. The second kappa shape index (κ2) is 8.17. The predicted molar refractivity (Wildman–Crippen MR) is 89.0 cm³/mol. The van der Waals surface area contributed by atoms with Gasteiger partial charge in [-0.25, -0.2) is 4.98 Å². The number of aromatic nitrogens is 1. The van der Waals surface area contributed by atoms with Gasteiger partial charge in [0.05, 0.1) is 13.2 Å². The van der Waals surface area contributed by atoms with Crippen molar-refractivity contribution < 1.29 is 14.3 Å². The van der Waals surface area contributed by atoms with Crippen LogP contribution in [0.3, 0.4) is 0 Å². The number of pyridine rings is 1. The van der Waals surface area contributed by atoms with Crippen molar-refractivity contribution in [1.82, 2.24) is 9.88 Å². The van der Waals surface area contributed by atoms with E-state index in [1.807, 2.05) is 38.1 Å². The van der Waals surface area contributed by atoms with Gasteiger partial charge < -0.3 is 14.4 Å². The van der Waals surface area contributed by atoms with Gasteiger partial charge in [-0.1, -0.05) is 12.1 Å². The van der Waals surface area contributed by atoms with E-state index in [1.54, 1.807) is 30.3 Å². The van der Waals surface area contributed by atoms with Crippen molar-refractivity contribution in [2.45, 2.75) is 13.8 Å². The standard InChI is InChI=1S/C18H22N2O3/c1-4-22-17-16(9-6-10-19-17)18(21)20(3)11-12-23-15-8-5-7-14(2)13-15/h5-10,13H,4,11-12H2,1-3H3. The van der Waals surface area contributed by atoms with Crippen LogP contribution in [0.1, 0.15) is 22.8 Å². The molecule has 2 aromatic rings. The first-order valence-corrected chi connectivity index (χ1v) is 7.64. The lowest BCUT2D eigenvalue weighted by Gasteiger charge is -2.18. The van der Waals surface area contributed by atoms with Crippen LogP contribution in [-0.2, 0) is 0 Å². The first-order chi connectivity index (χ1) is 11.1. The molecule has 0 saturated carbocycles. The molecule has 0 unspecified atom stereocenters. The van der Waals surface area contributed by atoms with Gasteiger partial charge in [-0.15, -0.1) is 0 Å². The summed E-state index contributed by atoms with van der Waals surface area (Å²) in [6.07, 6.45) is 1.61. The molecule has 1 aromatic heterocycles. The second-order valence-electron chi connectivity index (χ2n) is 5.18. The number of carbonyl (C=O) groups is 1. The molecule has 0 N–H and O–H groups in total. The molecule has 0 aliphatic heterocycles. The summed E-state index contributed by atoms with van der Waals surface area (Å²) in [5.74, 6) is 1.04. The minimum atomic E-state index is -0.130. The summed E-state index contributed by atoms with van der Waals surface area (Å²) in [5, 5.41) is 0. The Bertz CT molecular complexity index is 658. The van der Waals surface area contributed by atoms with Crippen molar-refractivity contribution in [3.05, 3.63) is 53.7 Å². The van der Waals surface area contributed by atoms with Crippen LogP contribution in [0.2, 0.25) is 0 Å². The Labute approximate surface area is 136 Å². The molecule has 0 aliphatic carbocycles. The number of hydrogen-bond acceptors (Lipinski definition) is 4. The Morgan fingerprint density at radius 1 is 1.22 bits per heavy atom. The number of amides is 1. The van der Waals surface area contributed by atoms with Gasteiger partial charge in [-0.2, -0.15) is 0 Å². The number of aryl methyl sites for hydroxylation is 1. The maximum Gasteiger partial charge on any atom is 0.259 e. The molecular weight excluding hydrogens is 292 g/mol. The van der Waals surface area contributed by atoms with Gasteiger partial charge in [-0.05, 0) is 43.7 Å². The highest BCUT2D eigenvalue weighted by Gasteiger charge is 2.17. The molecule has 0 radical (unpaired) electrons. The number of hydrogen-bond donors (Lipinski definition) is 0. The van der Waals surface area contributed by atoms with E-state index in [1.165, 1.54) is 0 Å². The highest BCUT2D eigenvalue weighted by Crippen LogP contribution is 2.16. The predicted octanol–water partition coefficient (Wildman–Crippen LogP) is 2.94. The van der Waals surface area contributed by atoms with Crippen LogP contribution in [0.4, 0.5) is 0 Å². The summed E-state index contributed by atoms with van der Waals surface area (Å²) in [6, 6.07) is 11.3. The Balaban J connectivity index is 1.92. The van der Waals surface area contributed by atoms with Crippen molar-refractivity contribution in [3.8, 4) is 11.6 Å². The highest BCUT2D eigenvalue weighted by atomic mass is 16.5. The summed E-state index contributed by atoms with van der Waals surface area (Å²) in [6.45, 7) is 5.25. The average Bonchev–Trinajstić information content (AvgIpc) is 2.55. The number of ether oxygens (including phenoxy) is 2. The van der Waals surface area contributed by atoms with Gasteiger partial charge >= 0.3 is 0 Å². The molecule has 0 spiro atoms. The van der Waals surface area contributed by atoms with E-state index in [0.717, 1.165) is 11.3 Å². The molecular formula is C18H22N2O3. The van der Waals surface area contributed by atoms with E-state index in [9.17, 15) is 4.79 Å². The first kappa shape index (κ1) is 16.8. The van der Waals surface area contributed by atoms with E-state index in [4.69, 9.17) is 9.47 Å². The molecule has 1 heterocycles. The maximum absolute atomic E-state index is 12.5. The number of benzene rings is 1. The molecule has 0 saturated heterocycles. The van der Waals surface area contributed by atoms with E-state index >= 15 is 0 Å². The minimum absolute atomic E-state index is 0.130. The lowest BCUT2D eigenvalue weighted by Crippen LogP contribution is -2.31. The summed E-state index contributed by atoms with van der Waals surface area (Å²) >= 11 is 0. The summed E-state index contributed by atoms with van der Waals surface area (Å²) in [5.41, 5.74) is 1.61. The van der Waals surface area contributed by atoms with Crippen molar-refractivity contribution >= 4 is 5.91 Å². The van der Waals surface area contributed by atoms with Crippen LogP contribution in [0.15, 0.2) is 42.6 Å². The van der Waals surface area contributed by atoms with Crippen molar-refractivity contribution in [2.24, 2.45) is 0 Å². The minimum Gasteiger partial charge on any atom is -0.492 e. The molecule has 122 valence electrons. The quantitative estimate of drug-likeness (QED) is 0.788. The van der Waals surface area contributed by atoms with Crippen molar-refractivity contribution in [2.75, 3.05) is 26.8 Å². The van der Waals surface area contributed by atoms with E-state index < -0.39 is 0 Å². The van der Waals surface area contributed by atoms with Crippen molar-refractivity contribution in [1.29, 1.82) is 0 Å². The lowest BCUT2D eigenvalue weighted by atomic mass is 10.2. The van der Waals surface area contributed by atoms with Crippen LogP contribution >= 0.6 is 0 Å². The van der Waals surface area contributed by atoms with Crippen LogP contribution in [0.5, 0.6) is 11.6 Å². The fourth-order valence-corrected chi connectivity index (χ4v) is 2.12. The van der Waals surface area contributed by atoms with Crippen molar-refractivity contribution in [3.63, 3.8) is 0 Å². The van der Waals surface area contributed by atoms with E-state index in [2.05, 4.69) is 4.98 Å². The van der Waals surface area contributed by atoms with Crippen LogP contribution in [-0.4, -0.2) is 42.6 Å². The molecule has 5 nitrogen and oxygen atoms in total. The number of likely N-dealkylation sites (N-methyl/N-ethyl adjacent to an activating group) is 1. The highest BCUT2D eigenvalue weighted by molar-refractivity contribution is 5.96. The van der Waals surface area contributed by atoms with Gasteiger partial charge in [0.15, 0.2) is 0 Å². The summed E-state index contributed by atoms with van der Waals surface area (Å²) in [7, 11) is 1.74. The number of nitrogens with zero attached hydrogens (tertiary/aromatic N) is 2. The zero-order chi connectivity index (χ0) is 16.7. The van der Waals surface area contributed by atoms with Crippen LogP contribution in [0.25, 0.3) is 0 Å². The van der Waals surface area contributed by atoms with E-state index in [0.29, 0.717) is 31.2 Å². The molecule has 1 amide bonds. The molecule has 23 heavy (non-hydrogen) atoms. The molecule has 0 aliphatic rings. The molecule has 0 fully saturated rings. The monoisotopic (exact) mass is 314 g/mol. The second-order valence-corrected chi connectivity index (χ2v) is 5.18. The number of rotatable bonds is 7. The molecule has 0 atom stereocenters. The third-order valence-corrected chi connectivity index (χ3v) is 3.31. The topological polar surface area (TPSA) is 51.7 Å². The lowest BCUT2D eigenvalue weighted by molar-refractivity contribution is 0.0768. The van der Waals surface area contributed by atoms with Crippen LogP contribution < -0.4 is 9.47 Å². The zero-order valence-electron chi connectivity index (χ0n) is 13.8.